The van der Waals surface area contributed by atoms with E-state index in [4.69, 9.17) is 4.74 Å². The molecule has 0 bridgehead atoms. The second-order valence-electron chi connectivity index (χ2n) is 8.52. The number of carbonyl (C=O) groups is 1. The highest BCUT2D eigenvalue weighted by atomic mass is 16.5. The van der Waals surface area contributed by atoms with Crippen LogP contribution in [0.1, 0.15) is 130 Å². The molecule has 0 aromatic rings. The molecule has 2 atom stereocenters. The minimum atomic E-state index is -0.00381. The molecule has 0 spiro atoms. The van der Waals surface area contributed by atoms with E-state index in [2.05, 4.69) is 27.7 Å². The number of ether oxygens (including phenoxy) is 1. The maximum Gasteiger partial charge on any atom is 0.305 e. The summed E-state index contributed by atoms with van der Waals surface area (Å²) in [6, 6.07) is 0. The van der Waals surface area contributed by atoms with Crippen molar-refractivity contribution < 1.29 is 9.53 Å². The van der Waals surface area contributed by atoms with Crippen LogP contribution in [0.3, 0.4) is 0 Å². The summed E-state index contributed by atoms with van der Waals surface area (Å²) in [5, 5.41) is 0. The molecule has 2 nitrogen and oxygen atoms in total. The molecular formula is C24H48O2. The Kier molecular flexibility index (Phi) is 18.8. The molecule has 0 aliphatic rings. The molecule has 2 unspecified atom stereocenters. The molecule has 26 heavy (non-hydrogen) atoms. The van der Waals surface area contributed by atoms with Crippen molar-refractivity contribution in [2.45, 2.75) is 130 Å². The lowest BCUT2D eigenvalue weighted by atomic mass is 9.91. The topological polar surface area (TPSA) is 26.3 Å². The highest BCUT2D eigenvalue weighted by molar-refractivity contribution is 5.69. The Balaban J connectivity index is 3.37. The Morgan fingerprint density at radius 2 is 1.15 bits per heavy atom. The van der Waals surface area contributed by atoms with Crippen LogP contribution in [-0.2, 0) is 9.53 Å². The van der Waals surface area contributed by atoms with Gasteiger partial charge in [-0.05, 0) is 24.7 Å². The van der Waals surface area contributed by atoms with Crippen molar-refractivity contribution in [3.8, 4) is 0 Å². The summed E-state index contributed by atoms with van der Waals surface area (Å²) in [7, 11) is 0. The van der Waals surface area contributed by atoms with Gasteiger partial charge >= 0.3 is 5.97 Å². The molecule has 0 heterocycles. The minimum Gasteiger partial charge on any atom is -0.466 e. The van der Waals surface area contributed by atoms with Crippen LogP contribution in [-0.4, -0.2) is 12.6 Å². The van der Waals surface area contributed by atoms with Crippen molar-refractivity contribution in [1.29, 1.82) is 0 Å². The summed E-state index contributed by atoms with van der Waals surface area (Å²) in [4.78, 5) is 11.5. The van der Waals surface area contributed by atoms with Crippen molar-refractivity contribution in [2.24, 2.45) is 11.8 Å². The highest BCUT2D eigenvalue weighted by Gasteiger charge is 2.07. The van der Waals surface area contributed by atoms with Crippen LogP contribution in [0, 0.1) is 11.8 Å². The van der Waals surface area contributed by atoms with Crippen LogP contribution in [0.5, 0.6) is 0 Å². The fourth-order valence-corrected chi connectivity index (χ4v) is 3.47. The molecule has 0 saturated carbocycles. The predicted molar refractivity (Wildman–Crippen MR) is 115 cm³/mol. The largest absolute Gasteiger partial charge is 0.466 e. The van der Waals surface area contributed by atoms with Crippen molar-refractivity contribution >= 4 is 5.97 Å². The Labute approximate surface area is 164 Å². The minimum absolute atomic E-state index is 0.00381. The zero-order valence-corrected chi connectivity index (χ0v) is 18.5. The summed E-state index contributed by atoms with van der Waals surface area (Å²) in [5.41, 5.74) is 0. The molecule has 0 aliphatic heterocycles. The van der Waals surface area contributed by atoms with E-state index in [1.807, 2.05) is 0 Å². The smallest absolute Gasteiger partial charge is 0.305 e. The van der Waals surface area contributed by atoms with Crippen molar-refractivity contribution in [3.63, 3.8) is 0 Å². The number of hydrogen-bond acceptors (Lipinski definition) is 2. The molecule has 0 aliphatic carbocycles. The van der Waals surface area contributed by atoms with Gasteiger partial charge in [0, 0.05) is 6.42 Å². The maximum absolute atomic E-state index is 11.5. The second-order valence-corrected chi connectivity index (χ2v) is 8.52. The van der Waals surface area contributed by atoms with Crippen molar-refractivity contribution in [2.75, 3.05) is 6.61 Å². The first kappa shape index (κ1) is 25.5. The first-order valence-corrected chi connectivity index (χ1v) is 11.8. The van der Waals surface area contributed by atoms with Gasteiger partial charge in [-0.2, -0.15) is 0 Å². The Hall–Kier alpha value is -0.530. The Morgan fingerprint density at radius 3 is 1.73 bits per heavy atom. The number of rotatable bonds is 19. The lowest BCUT2D eigenvalue weighted by Crippen LogP contribution is -2.05. The number of carbonyl (C=O) groups excluding carboxylic acids is 1. The third-order valence-corrected chi connectivity index (χ3v) is 5.54. The second kappa shape index (κ2) is 19.2. The Bertz CT molecular complexity index is 301. The van der Waals surface area contributed by atoms with Crippen LogP contribution in [0.2, 0.25) is 0 Å². The van der Waals surface area contributed by atoms with Crippen molar-refractivity contribution in [1.82, 2.24) is 0 Å². The molecule has 0 N–H and O–H groups in total. The third-order valence-electron chi connectivity index (χ3n) is 5.54. The zero-order valence-electron chi connectivity index (χ0n) is 18.5. The molecule has 156 valence electrons. The van der Waals surface area contributed by atoms with E-state index in [0.29, 0.717) is 13.0 Å². The first-order chi connectivity index (χ1) is 12.6. The van der Waals surface area contributed by atoms with Gasteiger partial charge in [-0.25, -0.2) is 0 Å². The average Bonchev–Trinajstić information content (AvgIpc) is 2.63. The van der Waals surface area contributed by atoms with Gasteiger partial charge in [0.2, 0.25) is 0 Å². The highest BCUT2D eigenvalue weighted by Crippen LogP contribution is 2.22. The average molecular weight is 369 g/mol. The predicted octanol–water partition coefficient (Wildman–Crippen LogP) is 8.08. The van der Waals surface area contributed by atoms with E-state index < -0.39 is 0 Å². The van der Waals surface area contributed by atoms with Crippen LogP contribution >= 0.6 is 0 Å². The van der Waals surface area contributed by atoms with Crippen molar-refractivity contribution in [3.05, 3.63) is 0 Å². The molecule has 0 amide bonds. The van der Waals surface area contributed by atoms with Gasteiger partial charge in [-0.1, -0.05) is 111 Å². The van der Waals surface area contributed by atoms with Gasteiger partial charge in [0.15, 0.2) is 0 Å². The van der Waals surface area contributed by atoms with Gasteiger partial charge in [0.05, 0.1) is 6.61 Å². The molecular weight excluding hydrogens is 320 g/mol. The van der Waals surface area contributed by atoms with Gasteiger partial charge in [0.1, 0.15) is 0 Å². The molecule has 0 saturated heterocycles. The standard InChI is InChI=1S/C24H48O2/c1-5-7-9-13-16-22(3)19-20-23(4)17-14-11-10-12-15-18-24(25)26-21-8-6-2/h22-23H,5-21H2,1-4H3. The van der Waals surface area contributed by atoms with E-state index in [1.165, 1.54) is 77.0 Å². The van der Waals surface area contributed by atoms with E-state index in [-0.39, 0.29) is 5.97 Å². The van der Waals surface area contributed by atoms with Gasteiger partial charge < -0.3 is 4.74 Å². The van der Waals surface area contributed by atoms with Crippen LogP contribution < -0.4 is 0 Å². The number of unbranched alkanes of at least 4 members (excludes halogenated alkanes) is 8. The van der Waals surface area contributed by atoms with E-state index in [9.17, 15) is 4.79 Å². The lowest BCUT2D eigenvalue weighted by molar-refractivity contribution is -0.143. The van der Waals surface area contributed by atoms with Crippen LogP contribution in [0.4, 0.5) is 0 Å². The van der Waals surface area contributed by atoms with Gasteiger partial charge in [0.25, 0.3) is 0 Å². The van der Waals surface area contributed by atoms with Crippen LogP contribution in [0.15, 0.2) is 0 Å². The molecule has 0 fully saturated rings. The van der Waals surface area contributed by atoms with Gasteiger partial charge in [-0.15, -0.1) is 0 Å². The normalized spacial score (nSPS) is 13.5. The fourth-order valence-electron chi connectivity index (χ4n) is 3.47. The van der Waals surface area contributed by atoms with E-state index in [0.717, 1.165) is 31.1 Å². The summed E-state index contributed by atoms with van der Waals surface area (Å²) in [5.74, 6) is 1.78. The Morgan fingerprint density at radius 1 is 0.654 bits per heavy atom. The molecule has 0 radical (unpaired) electrons. The molecule has 0 aromatic heterocycles. The number of hydrogen-bond donors (Lipinski definition) is 0. The molecule has 2 heteroatoms. The zero-order chi connectivity index (χ0) is 19.5. The summed E-state index contributed by atoms with van der Waals surface area (Å²) >= 11 is 0. The molecule has 0 rings (SSSR count). The molecule has 0 aromatic carbocycles. The van der Waals surface area contributed by atoms with Gasteiger partial charge in [-0.3, -0.25) is 4.79 Å². The summed E-state index contributed by atoms with van der Waals surface area (Å²) in [6.07, 6.45) is 20.0. The summed E-state index contributed by atoms with van der Waals surface area (Å²) in [6.45, 7) is 9.87. The quantitative estimate of drug-likeness (QED) is 0.170. The van der Waals surface area contributed by atoms with E-state index >= 15 is 0 Å². The first-order valence-electron chi connectivity index (χ1n) is 11.8. The number of esters is 1. The van der Waals surface area contributed by atoms with E-state index in [1.54, 1.807) is 0 Å². The summed E-state index contributed by atoms with van der Waals surface area (Å²) < 4.78 is 5.19. The maximum atomic E-state index is 11.5. The lowest BCUT2D eigenvalue weighted by Gasteiger charge is -2.15. The third kappa shape index (κ3) is 18.3. The SMILES string of the molecule is CCCCCCC(C)CCC(C)CCCCCCCC(=O)OCCCC. The monoisotopic (exact) mass is 368 g/mol. The van der Waals surface area contributed by atoms with Crippen LogP contribution in [0.25, 0.3) is 0 Å². The fraction of sp³-hybridized carbons (Fsp3) is 0.958.